The number of carboxylic acid groups (broad SMARTS) is 1. The normalized spacial score (nSPS) is 22.8. The number of nitrogens with zero attached hydrogens (tertiary/aromatic N) is 5. The summed E-state index contributed by atoms with van der Waals surface area (Å²) in [5, 5.41) is 29.4. The Kier molecular flexibility index (Phi) is 15.7. The summed E-state index contributed by atoms with van der Waals surface area (Å²) in [5.74, 6) is -0.563. The average Bonchev–Trinajstić information content (AvgIpc) is 3.83. The molecule has 0 radical (unpaired) electrons. The van der Waals surface area contributed by atoms with E-state index in [4.69, 9.17) is 31.3 Å². The number of aliphatic hydroxyl groups is 1. The van der Waals surface area contributed by atoms with E-state index >= 15 is 0 Å². The van der Waals surface area contributed by atoms with Crippen LogP contribution >= 0.6 is 0 Å². The molecule has 1 amide bonds. The quantitative estimate of drug-likeness (QED) is 0.0402. The Hall–Kier alpha value is -4.78. The maximum absolute atomic E-state index is 13.0. The van der Waals surface area contributed by atoms with Crippen LogP contribution in [-0.4, -0.2) is 72.4 Å². The molecule has 58 heavy (non-hydrogen) atoms. The van der Waals surface area contributed by atoms with Gasteiger partial charge in [0.2, 0.25) is 15.9 Å². The molecule has 2 aromatic carbocycles. The molecule has 3 aromatic rings. The van der Waals surface area contributed by atoms with Crippen molar-refractivity contribution in [1.82, 2.24) is 9.71 Å². The van der Waals surface area contributed by atoms with Gasteiger partial charge in [-0.2, -0.15) is 4.99 Å². The average molecular weight is 863 g/mol. The number of anilines is 1. The van der Waals surface area contributed by atoms with Gasteiger partial charge >= 0.3 is 0 Å². The molecule has 0 bridgehead atoms. The second kappa shape index (κ2) is 19.8. The van der Waals surface area contributed by atoms with Crippen LogP contribution in [0.4, 0.5) is 11.5 Å². The zero-order valence-corrected chi connectivity index (χ0v) is 37.4. The summed E-state index contributed by atoms with van der Waals surface area (Å²) in [6, 6.07) is 17.7. The van der Waals surface area contributed by atoms with Crippen molar-refractivity contribution in [2.24, 2.45) is 33.7 Å². The summed E-state index contributed by atoms with van der Waals surface area (Å²) in [6.07, 6.45) is 4.66. The predicted molar refractivity (Wildman–Crippen MR) is 220 cm³/mol. The number of amidine groups is 1. The molecule has 0 spiro atoms. The molecule has 1 saturated heterocycles. The van der Waals surface area contributed by atoms with Crippen LogP contribution in [0.5, 0.6) is 0 Å². The number of hydrogen-bond donors (Lipinski definition) is 4. The Balaban J connectivity index is 0.00000142. The van der Waals surface area contributed by atoms with Crippen molar-refractivity contribution in [3.8, 4) is 11.1 Å². The Morgan fingerprint density at radius 1 is 1.07 bits per heavy atom. The molecule has 3 heterocycles. The van der Waals surface area contributed by atoms with Gasteiger partial charge in [-0.05, 0) is 84.9 Å². The molecule has 2 aliphatic heterocycles. The van der Waals surface area contributed by atoms with Crippen molar-refractivity contribution < 1.29 is 57.8 Å². The minimum Gasteiger partial charge on any atom is -0.495 e. The third-order valence-electron chi connectivity index (χ3n) is 10.4. The zero-order valence-electron chi connectivity index (χ0n) is 33.6. The third kappa shape index (κ3) is 10.6. The van der Waals surface area contributed by atoms with Crippen LogP contribution in [0.2, 0.25) is 0 Å². The van der Waals surface area contributed by atoms with E-state index in [9.17, 15) is 23.6 Å². The van der Waals surface area contributed by atoms with Crippen LogP contribution in [0, 0.1) is 30.2 Å². The van der Waals surface area contributed by atoms with Crippen molar-refractivity contribution in [1.29, 1.82) is 0 Å². The first kappa shape index (κ1) is 45.9. The molecule has 304 valence electrons. The van der Waals surface area contributed by atoms with Crippen LogP contribution in [0.15, 0.2) is 81.9 Å². The zero-order chi connectivity index (χ0) is 41.6. The van der Waals surface area contributed by atoms with Gasteiger partial charge in [0.1, 0.15) is 12.0 Å². The summed E-state index contributed by atoms with van der Waals surface area (Å²) < 4.78 is 26.5. The molecule has 2 fully saturated rings. The number of carbonyl (C=O) groups excluding carboxylic acids is 1. The fourth-order valence-electron chi connectivity index (χ4n) is 8.33. The Labute approximate surface area is 352 Å². The third-order valence-corrected chi connectivity index (χ3v) is 11.2. The fraction of sp³-hybridized carbons (Fsp3) is 0.405. The first-order valence-electron chi connectivity index (χ1n) is 18.8. The molecule has 14 nitrogen and oxygen atoms in total. The second-order valence-corrected chi connectivity index (χ2v) is 16.8. The van der Waals surface area contributed by atoms with Crippen LogP contribution in [0.1, 0.15) is 71.6 Å². The van der Waals surface area contributed by atoms with Crippen molar-refractivity contribution in [3.63, 3.8) is 0 Å². The van der Waals surface area contributed by atoms with E-state index in [0.29, 0.717) is 53.4 Å². The van der Waals surface area contributed by atoms with E-state index in [2.05, 4.69) is 35.3 Å². The number of aliphatic carboxylic acids is 1. The minimum absolute atomic E-state index is 0. The number of aliphatic imine (C=N–C) groups is 2. The molecule has 1 saturated carbocycles. The number of carboxylic acids is 1. The van der Waals surface area contributed by atoms with Gasteiger partial charge in [-0.25, -0.2) is 27.9 Å². The van der Waals surface area contributed by atoms with Gasteiger partial charge in [0.05, 0.1) is 24.6 Å². The molecule has 4 atom stereocenters. The van der Waals surface area contributed by atoms with Crippen molar-refractivity contribution in [3.05, 3.63) is 94.6 Å². The van der Waals surface area contributed by atoms with Gasteiger partial charge in [0.25, 0.3) is 5.97 Å². The van der Waals surface area contributed by atoms with E-state index in [1.54, 1.807) is 11.0 Å². The number of aliphatic hydroxyl groups excluding tert-OH is 1. The standard InChI is InChI=1S/C40H45N6O6S.C2H4O2.Zn/c1-23-20-24(2)32(25(3)21-23)37(52-49)35-33(27-14-9-7-10-15-27)29(42-38(35)44-40(48)26(4)45-53(6,50)51)22-30-34(28-16-11-8-12-17-28)36(41-5)39(43-30)46-19-13-18-31(46)47;1-2(3)4;/h7-12,14-17,22-26,32,37,45H,13,18-21H2,1-4,6H3,(H2-,42,43,44,48,49);1H3,(H,3,4);/q-1;;. The van der Waals surface area contributed by atoms with E-state index in [-0.39, 0.29) is 60.5 Å². The molecule has 1 aromatic heterocycles. The predicted octanol–water partition coefficient (Wildman–Crippen LogP) is 7.35. The van der Waals surface area contributed by atoms with E-state index < -0.39 is 34.0 Å². The van der Waals surface area contributed by atoms with Crippen molar-refractivity contribution >= 4 is 56.8 Å². The summed E-state index contributed by atoms with van der Waals surface area (Å²) in [5.41, 5.74) is 4.02. The smallest absolute Gasteiger partial charge is 0.300 e. The molecule has 3 aliphatic rings. The number of amides is 1. The second-order valence-electron chi connectivity index (χ2n) is 15.0. The van der Waals surface area contributed by atoms with E-state index in [1.807, 2.05) is 60.7 Å². The molecule has 4 N–H and O–H groups in total. The van der Waals surface area contributed by atoms with Gasteiger partial charge in [0, 0.05) is 44.0 Å². The van der Waals surface area contributed by atoms with Crippen molar-refractivity contribution in [2.75, 3.05) is 17.7 Å². The molecule has 4 unspecified atom stereocenters. The topological polar surface area (TPSA) is 197 Å². The Morgan fingerprint density at radius 2 is 1.64 bits per heavy atom. The van der Waals surface area contributed by atoms with Gasteiger partial charge in [-0.1, -0.05) is 87.3 Å². The summed E-state index contributed by atoms with van der Waals surface area (Å²) in [7, 11) is -3.70. The first-order chi connectivity index (χ1) is 27.0. The van der Waals surface area contributed by atoms with Gasteiger partial charge < -0.3 is 20.1 Å². The SMILES string of the molecule is CC(=O)O.[C-]#[N+]c1c(N2CCCC2=O)[n-]c(/C=C2\N=C(N=C(O)C(C)NS(C)(=O)=O)C(C(OO)C3C(C)CC(C)CC3C)=C2c2ccccc2)c1-c1ccccc1.[Zn]. The number of aromatic nitrogens is 1. The molecular weight excluding hydrogens is 814 g/mol. The Morgan fingerprint density at radius 3 is 2.14 bits per heavy atom. The van der Waals surface area contributed by atoms with Crippen LogP contribution in [0.25, 0.3) is 27.6 Å². The minimum atomic E-state index is -3.70. The van der Waals surface area contributed by atoms with Crippen molar-refractivity contribution in [2.45, 2.75) is 72.4 Å². The molecule has 6 rings (SSSR count). The summed E-state index contributed by atoms with van der Waals surface area (Å²) in [4.78, 5) is 47.3. The number of rotatable bonds is 10. The maximum Gasteiger partial charge on any atom is 0.300 e. The number of allylic oxidation sites excluding steroid dienone is 1. The number of hydrogen-bond acceptors (Lipinski definition) is 8. The van der Waals surface area contributed by atoms with Crippen LogP contribution in [-0.2, 0) is 44.0 Å². The molecular formula is C42H49N6O8SZn-. The van der Waals surface area contributed by atoms with E-state index in [0.717, 1.165) is 37.1 Å². The van der Waals surface area contributed by atoms with Gasteiger partial charge in [-0.3, -0.25) is 14.8 Å². The monoisotopic (exact) mass is 861 g/mol. The number of carbonyl (C=O) groups is 2. The summed E-state index contributed by atoms with van der Waals surface area (Å²) in [6.45, 7) is 17.7. The van der Waals surface area contributed by atoms with Gasteiger partial charge in [0.15, 0.2) is 11.5 Å². The first-order valence-corrected chi connectivity index (χ1v) is 20.7. The largest absolute Gasteiger partial charge is 0.495 e. The number of benzene rings is 2. The number of sulfonamides is 1. The van der Waals surface area contributed by atoms with Crippen LogP contribution < -0.4 is 14.6 Å². The molecule has 1 aliphatic carbocycles. The van der Waals surface area contributed by atoms with E-state index in [1.165, 1.54) is 6.92 Å². The maximum atomic E-state index is 13.0. The summed E-state index contributed by atoms with van der Waals surface area (Å²) >= 11 is 0. The number of nitrogens with one attached hydrogen (secondary N) is 1. The fourth-order valence-corrected chi connectivity index (χ4v) is 9.07. The van der Waals surface area contributed by atoms with Crippen LogP contribution in [0.3, 0.4) is 0 Å². The Bertz CT molecular complexity index is 2230. The molecule has 16 heteroatoms. The van der Waals surface area contributed by atoms with Gasteiger partial charge in [-0.15, -0.1) is 0 Å².